The molecule has 19 heavy (non-hydrogen) atoms. The predicted octanol–water partition coefficient (Wildman–Crippen LogP) is 2.24. The van der Waals surface area contributed by atoms with Gasteiger partial charge < -0.3 is 20.3 Å². The number of benzene rings is 1. The molecule has 0 bridgehead atoms. The van der Waals surface area contributed by atoms with Gasteiger partial charge in [-0.2, -0.15) is 0 Å². The summed E-state index contributed by atoms with van der Waals surface area (Å²) in [5.74, 6) is 0.780. The molecule has 1 atom stereocenters. The standard InChI is InChI=1S/C14H22BrNO3/c1-4-14(8-17,9-18)16-10(2)11-5-6-13(19-3)12(15)7-11/h5-7,10,16-18H,4,8-9H2,1-3H3. The number of nitrogens with one attached hydrogen (secondary N) is 1. The van der Waals surface area contributed by atoms with Crippen molar-refractivity contribution in [1.29, 1.82) is 0 Å². The van der Waals surface area contributed by atoms with Crippen molar-refractivity contribution in [1.82, 2.24) is 5.32 Å². The Hall–Kier alpha value is -0.620. The highest BCUT2D eigenvalue weighted by atomic mass is 79.9. The van der Waals surface area contributed by atoms with Crippen LogP contribution in [0, 0.1) is 0 Å². The summed E-state index contributed by atoms with van der Waals surface area (Å²) in [6, 6.07) is 5.85. The minimum absolute atomic E-state index is 0.0152. The minimum atomic E-state index is -0.647. The summed E-state index contributed by atoms with van der Waals surface area (Å²) in [5, 5.41) is 22.2. The summed E-state index contributed by atoms with van der Waals surface area (Å²) < 4.78 is 6.08. The van der Waals surface area contributed by atoms with E-state index in [2.05, 4.69) is 21.2 Å². The van der Waals surface area contributed by atoms with Crippen molar-refractivity contribution in [3.8, 4) is 5.75 Å². The Balaban J connectivity index is 2.88. The molecule has 0 aliphatic heterocycles. The zero-order chi connectivity index (χ0) is 14.5. The summed E-state index contributed by atoms with van der Waals surface area (Å²) in [4.78, 5) is 0. The molecule has 0 aliphatic carbocycles. The Kier molecular flexibility index (Phi) is 6.26. The maximum atomic E-state index is 9.46. The van der Waals surface area contributed by atoms with Crippen molar-refractivity contribution < 1.29 is 14.9 Å². The molecule has 0 heterocycles. The SMILES string of the molecule is CCC(CO)(CO)NC(C)c1ccc(OC)c(Br)c1. The van der Waals surface area contributed by atoms with Crippen LogP contribution in [-0.2, 0) is 0 Å². The van der Waals surface area contributed by atoms with E-state index in [1.807, 2.05) is 32.0 Å². The van der Waals surface area contributed by atoms with Gasteiger partial charge in [-0.3, -0.25) is 0 Å². The van der Waals surface area contributed by atoms with Crippen LogP contribution in [0.5, 0.6) is 5.75 Å². The van der Waals surface area contributed by atoms with Crippen molar-refractivity contribution >= 4 is 15.9 Å². The average Bonchev–Trinajstić information content (AvgIpc) is 2.44. The summed E-state index contributed by atoms with van der Waals surface area (Å²) in [6.45, 7) is 3.75. The van der Waals surface area contributed by atoms with Crippen LogP contribution in [0.1, 0.15) is 31.9 Å². The third-order valence-corrected chi connectivity index (χ3v) is 4.10. The molecule has 0 spiro atoms. The molecule has 0 fully saturated rings. The van der Waals surface area contributed by atoms with Gasteiger partial charge in [0.15, 0.2) is 0 Å². The lowest BCUT2D eigenvalue weighted by atomic mass is 9.95. The van der Waals surface area contributed by atoms with E-state index in [0.717, 1.165) is 15.8 Å². The smallest absolute Gasteiger partial charge is 0.133 e. The fourth-order valence-corrected chi connectivity index (χ4v) is 2.52. The Bertz CT molecular complexity index is 399. The lowest BCUT2D eigenvalue weighted by Crippen LogP contribution is -2.52. The molecule has 3 N–H and O–H groups in total. The second-order valence-electron chi connectivity index (χ2n) is 4.71. The van der Waals surface area contributed by atoms with E-state index in [0.29, 0.717) is 6.42 Å². The van der Waals surface area contributed by atoms with Crippen molar-refractivity contribution in [3.63, 3.8) is 0 Å². The van der Waals surface area contributed by atoms with Crippen LogP contribution in [0.2, 0.25) is 0 Å². The molecular formula is C14H22BrNO3. The van der Waals surface area contributed by atoms with E-state index in [1.165, 1.54) is 0 Å². The lowest BCUT2D eigenvalue weighted by molar-refractivity contribution is 0.0793. The van der Waals surface area contributed by atoms with Crippen molar-refractivity contribution in [2.45, 2.75) is 31.8 Å². The number of hydrogen-bond acceptors (Lipinski definition) is 4. The molecule has 4 nitrogen and oxygen atoms in total. The van der Waals surface area contributed by atoms with E-state index in [-0.39, 0.29) is 19.3 Å². The van der Waals surface area contributed by atoms with Crippen LogP contribution < -0.4 is 10.1 Å². The van der Waals surface area contributed by atoms with Gasteiger partial charge in [0.25, 0.3) is 0 Å². The van der Waals surface area contributed by atoms with Crippen LogP contribution in [-0.4, -0.2) is 36.1 Å². The third-order valence-electron chi connectivity index (χ3n) is 3.48. The van der Waals surface area contributed by atoms with Gasteiger partial charge >= 0.3 is 0 Å². The lowest BCUT2D eigenvalue weighted by Gasteiger charge is -2.33. The number of rotatable bonds is 7. The number of hydrogen-bond donors (Lipinski definition) is 3. The number of aliphatic hydroxyl groups is 2. The minimum Gasteiger partial charge on any atom is -0.496 e. The predicted molar refractivity (Wildman–Crippen MR) is 79.4 cm³/mol. The summed E-state index contributed by atoms with van der Waals surface area (Å²) in [6.07, 6.45) is 0.654. The van der Waals surface area contributed by atoms with Gasteiger partial charge in [-0.05, 0) is 47.0 Å². The van der Waals surface area contributed by atoms with E-state index >= 15 is 0 Å². The van der Waals surface area contributed by atoms with Gasteiger partial charge in [-0.25, -0.2) is 0 Å². The molecule has 0 saturated heterocycles. The van der Waals surface area contributed by atoms with Gasteiger partial charge in [-0.15, -0.1) is 0 Å². The summed E-state index contributed by atoms with van der Waals surface area (Å²) >= 11 is 3.45. The van der Waals surface area contributed by atoms with Gasteiger partial charge in [0.05, 0.1) is 30.3 Å². The Morgan fingerprint density at radius 2 is 2.00 bits per heavy atom. The van der Waals surface area contributed by atoms with Gasteiger partial charge in [0.1, 0.15) is 5.75 Å². The van der Waals surface area contributed by atoms with E-state index < -0.39 is 5.54 Å². The molecule has 108 valence electrons. The van der Waals surface area contributed by atoms with Crippen molar-refractivity contribution in [2.24, 2.45) is 0 Å². The fourth-order valence-electron chi connectivity index (χ4n) is 1.96. The first kappa shape index (κ1) is 16.4. The molecule has 1 aromatic rings. The van der Waals surface area contributed by atoms with Gasteiger partial charge in [0, 0.05) is 6.04 Å². The largest absolute Gasteiger partial charge is 0.496 e. The highest BCUT2D eigenvalue weighted by Gasteiger charge is 2.28. The quantitative estimate of drug-likeness (QED) is 0.717. The zero-order valence-corrected chi connectivity index (χ0v) is 13.2. The molecule has 0 saturated carbocycles. The highest BCUT2D eigenvalue weighted by Crippen LogP contribution is 2.29. The maximum absolute atomic E-state index is 9.46. The second-order valence-corrected chi connectivity index (χ2v) is 5.56. The van der Waals surface area contributed by atoms with Crippen LogP contribution >= 0.6 is 15.9 Å². The first-order chi connectivity index (χ1) is 9.01. The van der Waals surface area contributed by atoms with Crippen LogP contribution in [0.15, 0.2) is 22.7 Å². The molecule has 5 heteroatoms. The Morgan fingerprint density at radius 1 is 1.37 bits per heavy atom. The summed E-state index contributed by atoms with van der Waals surface area (Å²) in [5.41, 5.74) is 0.415. The van der Waals surface area contributed by atoms with Gasteiger partial charge in [0.2, 0.25) is 0 Å². The molecule has 1 unspecified atom stereocenters. The third kappa shape index (κ3) is 3.92. The number of ether oxygens (including phenoxy) is 1. The second kappa shape index (κ2) is 7.24. The number of methoxy groups -OCH3 is 1. The molecular weight excluding hydrogens is 310 g/mol. The normalized spacial score (nSPS) is 13.4. The molecule has 0 amide bonds. The Morgan fingerprint density at radius 3 is 2.42 bits per heavy atom. The Labute approximate surface area is 122 Å². The van der Waals surface area contributed by atoms with Gasteiger partial charge in [-0.1, -0.05) is 13.0 Å². The molecule has 1 rings (SSSR count). The van der Waals surface area contributed by atoms with Crippen molar-refractivity contribution in [3.05, 3.63) is 28.2 Å². The topological polar surface area (TPSA) is 61.7 Å². The highest BCUT2D eigenvalue weighted by molar-refractivity contribution is 9.10. The van der Waals surface area contributed by atoms with Crippen LogP contribution in [0.4, 0.5) is 0 Å². The van der Waals surface area contributed by atoms with E-state index in [1.54, 1.807) is 7.11 Å². The number of aliphatic hydroxyl groups excluding tert-OH is 2. The van der Waals surface area contributed by atoms with E-state index in [9.17, 15) is 10.2 Å². The molecule has 0 radical (unpaired) electrons. The average molecular weight is 332 g/mol. The molecule has 0 aromatic heterocycles. The number of halogens is 1. The fraction of sp³-hybridized carbons (Fsp3) is 0.571. The first-order valence-electron chi connectivity index (χ1n) is 6.34. The van der Waals surface area contributed by atoms with Crippen molar-refractivity contribution in [2.75, 3.05) is 20.3 Å². The van der Waals surface area contributed by atoms with Crippen LogP contribution in [0.3, 0.4) is 0 Å². The molecule has 0 aliphatic rings. The monoisotopic (exact) mass is 331 g/mol. The first-order valence-corrected chi connectivity index (χ1v) is 7.14. The van der Waals surface area contributed by atoms with E-state index in [4.69, 9.17) is 4.74 Å². The van der Waals surface area contributed by atoms with Crippen LogP contribution in [0.25, 0.3) is 0 Å². The zero-order valence-electron chi connectivity index (χ0n) is 11.6. The molecule has 1 aromatic carbocycles. The maximum Gasteiger partial charge on any atom is 0.133 e. The summed E-state index contributed by atoms with van der Waals surface area (Å²) in [7, 11) is 1.63.